The fraction of sp³-hybridized carbons (Fsp3) is 0.0769. The van der Waals surface area contributed by atoms with Crippen molar-refractivity contribution in [3.63, 3.8) is 0 Å². The summed E-state index contributed by atoms with van der Waals surface area (Å²) in [6.07, 6.45) is -3.11. The Morgan fingerprint density at radius 3 is 2.47 bits per heavy atom. The lowest BCUT2D eigenvalue weighted by Crippen LogP contribution is -2.04. The molecule has 0 N–H and O–H groups in total. The maximum absolute atomic E-state index is 12.5. The van der Waals surface area contributed by atoms with E-state index in [2.05, 4.69) is 0 Å². The van der Waals surface area contributed by atoms with E-state index in [0.717, 1.165) is 12.1 Å². The molecule has 0 aliphatic carbocycles. The summed E-state index contributed by atoms with van der Waals surface area (Å²) in [5.41, 5.74) is -0.336. The van der Waals surface area contributed by atoms with Gasteiger partial charge in [-0.25, -0.2) is 0 Å². The second-order valence-corrected chi connectivity index (χ2v) is 3.45. The first-order valence-corrected chi connectivity index (χ1v) is 4.83. The number of benzene rings is 1. The minimum Gasteiger partial charge on any atom is -0.457 e. The Kier molecular flexibility index (Phi) is 2.79. The number of hydrogen-bond acceptors (Lipinski definition) is 1. The van der Waals surface area contributed by atoms with Crippen LogP contribution >= 0.6 is 0 Å². The van der Waals surface area contributed by atoms with Crippen molar-refractivity contribution in [1.82, 2.24) is 0 Å². The van der Waals surface area contributed by atoms with Crippen molar-refractivity contribution in [2.24, 2.45) is 0 Å². The highest BCUT2D eigenvalue weighted by Crippen LogP contribution is 2.32. The van der Waals surface area contributed by atoms with E-state index in [0.29, 0.717) is 17.1 Å². The molecule has 0 atom stereocenters. The fourth-order valence-corrected chi connectivity index (χ4v) is 1.45. The van der Waals surface area contributed by atoms with Crippen LogP contribution in [0.5, 0.6) is 0 Å². The third-order valence-electron chi connectivity index (χ3n) is 2.27. The summed E-state index contributed by atoms with van der Waals surface area (Å²) in [5.74, 6) is 0.769. The molecule has 0 saturated carbocycles. The van der Waals surface area contributed by atoms with E-state index in [1.54, 1.807) is 18.2 Å². The van der Waals surface area contributed by atoms with Gasteiger partial charge in [0.15, 0.2) is 0 Å². The molecule has 1 aromatic heterocycles. The van der Waals surface area contributed by atoms with E-state index in [1.165, 1.54) is 12.1 Å². The van der Waals surface area contributed by atoms with Gasteiger partial charge in [-0.1, -0.05) is 18.7 Å². The van der Waals surface area contributed by atoms with Crippen LogP contribution < -0.4 is 0 Å². The van der Waals surface area contributed by atoms with Crippen LogP contribution in [0.4, 0.5) is 13.2 Å². The smallest absolute Gasteiger partial charge is 0.416 e. The predicted molar refractivity (Wildman–Crippen MR) is 57.9 cm³/mol. The number of halogens is 3. The summed E-state index contributed by atoms with van der Waals surface area (Å²) >= 11 is 0. The Morgan fingerprint density at radius 1 is 1.12 bits per heavy atom. The molecule has 1 radical (unpaired) electrons. The third-order valence-corrected chi connectivity index (χ3v) is 2.27. The van der Waals surface area contributed by atoms with Gasteiger partial charge < -0.3 is 4.42 Å². The van der Waals surface area contributed by atoms with Crippen molar-refractivity contribution in [3.8, 4) is 11.3 Å². The highest BCUT2D eigenvalue weighted by molar-refractivity contribution is 5.60. The van der Waals surface area contributed by atoms with E-state index in [1.807, 2.05) is 0 Å². The molecule has 0 aliphatic heterocycles. The number of rotatable bonds is 2. The molecule has 2 rings (SSSR count). The van der Waals surface area contributed by atoms with E-state index in [4.69, 9.17) is 11.0 Å². The van der Waals surface area contributed by atoms with E-state index in [9.17, 15) is 13.2 Å². The van der Waals surface area contributed by atoms with Crippen LogP contribution in [0.15, 0.2) is 40.8 Å². The van der Waals surface area contributed by atoms with Crippen LogP contribution in [0.25, 0.3) is 17.4 Å². The number of alkyl halides is 3. The molecular formula is C13H8F3O. The highest BCUT2D eigenvalue weighted by atomic mass is 19.4. The van der Waals surface area contributed by atoms with Crippen molar-refractivity contribution in [3.05, 3.63) is 54.3 Å². The molecule has 0 amide bonds. The largest absolute Gasteiger partial charge is 0.457 e. The van der Waals surface area contributed by atoms with Gasteiger partial charge in [0.25, 0.3) is 0 Å². The third kappa shape index (κ3) is 2.41. The Morgan fingerprint density at radius 2 is 1.88 bits per heavy atom. The SMILES string of the molecule is [CH]=Cc1ccc(-c2cccc(C(F)(F)F)c2)o1. The minimum atomic E-state index is -4.36. The van der Waals surface area contributed by atoms with Crippen LogP contribution in [0, 0.1) is 6.58 Å². The molecule has 0 unspecified atom stereocenters. The zero-order valence-corrected chi connectivity index (χ0v) is 8.66. The molecule has 1 nitrogen and oxygen atoms in total. The molecule has 0 bridgehead atoms. The van der Waals surface area contributed by atoms with Gasteiger partial charge in [-0.15, -0.1) is 0 Å². The van der Waals surface area contributed by atoms with Gasteiger partial charge in [0.1, 0.15) is 11.5 Å². The monoisotopic (exact) mass is 237 g/mol. The zero-order valence-electron chi connectivity index (χ0n) is 8.66. The van der Waals surface area contributed by atoms with Crippen molar-refractivity contribution < 1.29 is 17.6 Å². The van der Waals surface area contributed by atoms with Crippen LogP contribution in [0.3, 0.4) is 0 Å². The van der Waals surface area contributed by atoms with Crippen LogP contribution in [0.1, 0.15) is 11.3 Å². The Labute approximate surface area is 96.2 Å². The van der Waals surface area contributed by atoms with Gasteiger partial charge >= 0.3 is 6.18 Å². The summed E-state index contributed by atoms with van der Waals surface area (Å²) in [4.78, 5) is 0. The van der Waals surface area contributed by atoms with Crippen LogP contribution in [-0.2, 0) is 6.18 Å². The quantitative estimate of drug-likeness (QED) is 0.753. The van der Waals surface area contributed by atoms with Gasteiger partial charge in [0.05, 0.1) is 5.56 Å². The second-order valence-electron chi connectivity index (χ2n) is 3.45. The standard InChI is InChI=1S/C13H8F3O/c1-2-11-6-7-12(17-11)9-4-3-5-10(8-9)13(14,15)16/h1-8H. The Bertz CT molecular complexity index is 538. The zero-order chi connectivity index (χ0) is 12.5. The maximum Gasteiger partial charge on any atom is 0.416 e. The summed E-state index contributed by atoms with van der Waals surface area (Å²) in [7, 11) is 0. The molecule has 87 valence electrons. The van der Waals surface area contributed by atoms with Crippen molar-refractivity contribution >= 4 is 6.08 Å². The first-order valence-electron chi connectivity index (χ1n) is 4.83. The highest BCUT2D eigenvalue weighted by Gasteiger charge is 2.30. The molecule has 17 heavy (non-hydrogen) atoms. The van der Waals surface area contributed by atoms with Crippen molar-refractivity contribution in [1.29, 1.82) is 0 Å². The van der Waals surface area contributed by atoms with Gasteiger partial charge in [-0.2, -0.15) is 13.2 Å². The molecule has 0 saturated heterocycles. The molecule has 1 aromatic carbocycles. The summed E-state index contributed by atoms with van der Waals surface area (Å²) in [6.45, 7) is 5.24. The normalized spacial score (nSPS) is 11.5. The van der Waals surface area contributed by atoms with Gasteiger partial charge in [0.2, 0.25) is 0 Å². The van der Waals surface area contributed by atoms with Crippen LogP contribution in [-0.4, -0.2) is 0 Å². The number of furan rings is 1. The first-order chi connectivity index (χ1) is 8.00. The van der Waals surface area contributed by atoms with Gasteiger partial charge in [-0.05, 0) is 30.3 Å². The van der Waals surface area contributed by atoms with E-state index < -0.39 is 11.7 Å². The second kappa shape index (κ2) is 4.13. The lowest BCUT2D eigenvalue weighted by molar-refractivity contribution is -0.137. The summed E-state index contributed by atoms with van der Waals surface area (Å²) in [6, 6.07) is 8.12. The fourth-order valence-electron chi connectivity index (χ4n) is 1.45. The van der Waals surface area contributed by atoms with Gasteiger partial charge in [0, 0.05) is 5.56 Å². The van der Waals surface area contributed by atoms with Crippen LogP contribution in [0.2, 0.25) is 0 Å². The molecule has 0 spiro atoms. The lowest BCUT2D eigenvalue weighted by Gasteiger charge is -2.07. The molecule has 1 heterocycles. The van der Waals surface area contributed by atoms with Crippen molar-refractivity contribution in [2.75, 3.05) is 0 Å². The molecule has 2 aromatic rings. The lowest BCUT2D eigenvalue weighted by atomic mass is 10.1. The number of hydrogen-bond donors (Lipinski definition) is 0. The Balaban J connectivity index is 2.42. The topological polar surface area (TPSA) is 13.1 Å². The molecule has 0 fully saturated rings. The minimum absolute atomic E-state index is 0.354. The maximum atomic E-state index is 12.5. The van der Waals surface area contributed by atoms with Crippen molar-refractivity contribution in [2.45, 2.75) is 6.18 Å². The first kappa shape index (κ1) is 11.5. The van der Waals surface area contributed by atoms with Gasteiger partial charge in [-0.3, -0.25) is 0 Å². The average molecular weight is 237 g/mol. The molecule has 4 heteroatoms. The predicted octanol–water partition coefficient (Wildman–Crippen LogP) is 4.41. The Hall–Kier alpha value is -1.97. The summed E-state index contributed by atoms with van der Waals surface area (Å²) < 4.78 is 42.7. The molecular weight excluding hydrogens is 229 g/mol. The molecule has 0 aliphatic rings. The van der Waals surface area contributed by atoms with E-state index in [-0.39, 0.29) is 0 Å². The average Bonchev–Trinajstić information content (AvgIpc) is 2.76. The summed E-state index contributed by atoms with van der Waals surface area (Å²) in [5, 5.41) is 0. The van der Waals surface area contributed by atoms with E-state index >= 15 is 0 Å².